The Kier molecular flexibility index (Phi) is 6.85. The number of carboxylic acid groups (broad SMARTS) is 1. The highest BCUT2D eigenvalue weighted by molar-refractivity contribution is 5.90. The van der Waals surface area contributed by atoms with Crippen LogP contribution in [0.2, 0.25) is 0 Å². The molecule has 0 aromatic heterocycles. The van der Waals surface area contributed by atoms with Crippen molar-refractivity contribution < 1.29 is 24.5 Å². The van der Waals surface area contributed by atoms with E-state index in [-0.39, 0.29) is 18.2 Å². The Hall–Kier alpha value is -2.76. The molecule has 0 heterocycles. The molecule has 3 N–H and O–H groups in total. The van der Waals surface area contributed by atoms with Gasteiger partial charge in [-0.15, -0.1) is 0 Å². The lowest BCUT2D eigenvalue weighted by Crippen LogP contribution is -2.19. The average Bonchev–Trinajstić information content (AvgIpc) is 3.00. The van der Waals surface area contributed by atoms with Gasteiger partial charge in [0.2, 0.25) is 0 Å². The first kappa shape index (κ1) is 21.9. The predicted molar refractivity (Wildman–Crippen MR) is 114 cm³/mol. The standard InChI is InChI=1S/C25H27FO4/c1-15(2)24-20-5-3-4-6-21(20)25(16-7-9-17(26)10-8-16)22(24)12-11-18(27)13-19(28)14-23(29)30/h3-12,15,18-19,24,27-28H,13-14H2,1-2H3,(H,29,30)/t18-,19-,24?/m1/s1. The molecule has 0 spiro atoms. The number of carboxylic acids is 1. The third-order valence-electron chi connectivity index (χ3n) is 5.41. The maximum Gasteiger partial charge on any atom is 0.305 e. The first-order valence-electron chi connectivity index (χ1n) is 10.1. The molecule has 0 amide bonds. The molecule has 0 bridgehead atoms. The van der Waals surface area contributed by atoms with Gasteiger partial charge in [-0.2, -0.15) is 0 Å². The number of aliphatic carboxylic acids is 1. The summed E-state index contributed by atoms with van der Waals surface area (Å²) < 4.78 is 13.5. The summed E-state index contributed by atoms with van der Waals surface area (Å²) in [7, 11) is 0. The summed E-state index contributed by atoms with van der Waals surface area (Å²) in [6.45, 7) is 4.27. The van der Waals surface area contributed by atoms with E-state index in [1.54, 1.807) is 18.2 Å². The van der Waals surface area contributed by atoms with Crippen LogP contribution in [0.25, 0.3) is 5.57 Å². The van der Waals surface area contributed by atoms with Gasteiger partial charge < -0.3 is 15.3 Å². The number of fused-ring (bicyclic) bond motifs is 1. The molecule has 2 aromatic rings. The second kappa shape index (κ2) is 9.37. The van der Waals surface area contributed by atoms with Crippen molar-refractivity contribution in [3.63, 3.8) is 0 Å². The zero-order chi connectivity index (χ0) is 21.8. The first-order chi connectivity index (χ1) is 14.3. The Morgan fingerprint density at radius 3 is 2.40 bits per heavy atom. The number of allylic oxidation sites excluding steroid dienone is 2. The summed E-state index contributed by atoms with van der Waals surface area (Å²) in [4.78, 5) is 10.7. The fraction of sp³-hybridized carbons (Fsp3) is 0.320. The molecule has 1 unspecified atom stereocenters. The van der Waals surface area contributed by atoms with Crippen molar-refractivity contribution in [1.82, 2.24) is 0 Å². The van der Waals surface area contributed by atoms with Crippen LogP contribution in [0.15, 0.2) is 66.3 Å². The van der Waals surface area contributed by atoms with E-state index in [9.17, 15) is 19.4 Å². The fourth-order valence-electron chi connectivity index (χ4n) is 4.18. The Labute approximate surface area is 176 Å². The molecular formula is C25H27FO4. The van der Waals surface area contributed by atoms with Crippen LogP contribution in [0.3, 0.4) is 0 Å². The summed E-state index contributed by atoms with van der Waals surface area (Å²) in [6, 6.07) is 14.5. The molecule has 2 aromatic carbocycles. The van der Waals surface area contributed by atoms with Gasteiger partial charge in [-0.25, -0.2) is 4.39 Å². The summed E-state index contributed by atoms with van der Waals surface area (Å²) in [6.07, 6.45) is 0.912. The number of aliphatic hydroxyl groups is 2. The second-order valence-electron chi connectivity index (χ2n) is 8.06. The first-order valence-corrected chi connectivity index (χ1v) is 10.1. The van der Waals surface area contributed by atoms with Gasteiger partial charge in [-0.3, -0.25) is 4.79 Å². The van der Waals surface area contributed by atoms with Crippen LogP contribution in [0.4, 0.5) is 4.39 Å². The number of benzene rings is 2. The normalized spacial score (nSPS) is 18.1. The van der Waals surface area contributed by atoms with Gasteiger partial charge in [-0.05, 0) is 45.9 Å². The lowest BCUT2D eigenvalue weighted by molar-refractivity contribution is -0.139. The van der Waals surface area contributed by atoms with Crippen molar-refractivity contribution in [2.45, 2.75) is 44.8 Å². The molecule has 0 saturated heterocycles. The molecule has 1 aliphatic carbocycles. The van der Waals surface area contributed by atoms with Crippen molar-refractivity contribution >= 4 is 11.5 Å². The predicted octanol–water partition coefficient (Wildman–Crippen LogP) is 4.52. The second-order valence-corrected chi connectivity index (χ2v) is 8.06. The average molecular weight is 410 g/mol. The van der Waals surface area contributed by atoms with E-state index in [1.165, 1.54) is 17.7 Å². The third kappa shape index (κ3) is 4.86. The van der Waals surface area contributed by atoms with E-state index in [0.29, 0.717) is 5.92 Å². The highest BCUT2D eigenvalue weighted by Crippen LogP contribution is 2.48. The van der Waals surface area contributed by atoms with Gasteiger partial charge in [0.05, 0.1) is 18.6 Å². The zero-order valence-electron chi connectivity index (χ0n) is 17.1. The van der Waals surface area contributed by atoms with Crippen LogP contribution in [-0.2, 0) is 4.79 Å². The zero-order valence-corrected chi connectivity index (χ0v) is 17.1. The molecule has 0 radical (unpaired) electrons. The number of rotatable bonds is 8. The molecule has 1 aliphatic rings. The lowest BCUT2D eigenvalue weighted by Gasteiger charge is -2.19. The van der Waals surface area contributed by atoms with Crippen LogP contribution in [-0.4, -0.2) is 33.5 Å². The molecule has 3 rings (SSSR count). The Morgan fingerprint density at radius 1 is 1.10 bits per heavy atom. The van der Waals surface area contributed by atoms with Crippen molar-refractivity contribution in [2.75, 3.05) is 0 Å². The molecule has 30 heavy (non-hydrogen) atoms. The van der Waals surface area contributed by atoms with E-state index in [4.69, 9.17) is 5.11 Å². The molecule has 0 fully saturated rings. The van der Waals surface area contributed by atoms with Crippen molar-refractivity contribution in [1.29, 1.82) is 0 Å². The van der Waals surface area contributed by atoms with E-state index in [2.05, 4.69) is 26.0 Å². The van der Waals surface area contributed by atoms with Crippen molar-refractivity contribution in [2.24, 2.45) is 5.92 Å². The molecular weight excluding hydrogens is 383 g/mol. The highest BCUT2D eigenvalue weighted by Gasteiger charge is 2.32. The number of hydrogen-bond donors (Lipinski definition) is 3. The number of aliphatic hydroxyl groups excluding tert-OH is 2. The lowest BCUT2D eigenvalue weighted by atomic mass is 9.85. The molecule has 0 aliphatic heterocycles. The van der Waals surface area contributed by atoms with Crippen LogP contribution in [0, 0.1) is 11.7 Å². The quantitative estimate of drug-likeness (QED) is 0.598. The molecule has 4 nitrogen and oxygen atoms in total. The van der Waals surface area contributed by atoms with Gasteiger partial charge >= 0.3 is 5.97 Å². The largest absolute Gasteiger partial charge is 0.481 e. The minimum atomic E-state index is -1.12. The number of hydrogen-bond acceptors (Lipinski definition) is 3. The summed E-state index contributed by atoms with van der Waals surface area (Å²) >= 11 is 0. The SMILES string of the molecule is CC(C)C1C(C=C[C@@H](O)C[C@@H](O)CC(=O)O)=C(c2ccc(F)cc2)c2ccccc21. The van der Waals surface area contributed by atoms with Crippen LogP contribution in [0.1, 0.15) is 49.3 Å². The number of carbonyl (C=O) groups is 1. The molecule has 5 heteroatoms. The maximum atomic E-state index is 13.5. The minimum Gasteiger partial charge on any atom is -0.481 e. The topological polar surface area (TPSA) is 77.8 Å². The molecule has 0 saturated carbocycles. The monoisotopic (exact) mass is 410 g/mol. The fourth-order valence-corrected chi connectivity index (χ4v) is 4.18. The third-order valence-corrected chi connectivity index (χ3v) is 5.41. The summed E-state index contributed by atoms with van der Waals surface area (Å²) in [5.74, 6) is -1.01. The Bertz CT molecular complexity index is 959. The van der Waals surface area contributed by atoms with Gasteiger partial charge in [0.25, 0.3) is 0 Å². The highest BCUT2D eigenvalue weighted by atomic mass is 19.1. The smallest absolute Gasteiger partial charge is 0.305 e. The Balaban J connectivity index is 2.01. The van der Waals surface area contributed by atoms with E-state index < -0.39 is 24.6 Å². The molecule has 3 atom stereocenters. The van der Waals surface area contributed by atoms with Gasteiger partial charge in [-0.1, -0.05) is 62.4 Å². The van der Waals surface area contributed by atoms with E-state index in [1.807, 2.05) is 18.2 Å². The number of halogens is 1. The van der Waals surface area contributed by atoms with Gasteiger partial charge in [0.1, 0.15) is 5.82 Å². The van der Waals surface area contributed by atoms with Crippen LogP contribution < -0.4 is 0 Å². The van der Waals surface area contributed by atoms with Crippen molar-refractivity contribution in [3.8, 4) is 0 Å². The van der Waals surface area contributed by atoms with Crippen LogP contribution in [0.5, 0.6) is 0 Å². The van der Waals surface area contributed by atoms with Crippen LogP contribution >= 0.6 is 0 Å². The maximum absolute atomic E-state index is 13.5. The Morgan fingerprint density at radius 2 is 1.77 bits per heavy atom. The van der Waals surface area contributed by atoms with E-state index in [0.717, 1.165) is 22.3 Å². The van der Waals surface area contributed by atoms with Crippen molar-refractivity contribution in [3.05, 3.63) is 88.8 Å². The molecule has 158 valence electrons. The van der Waals surface area contributed by atoms with Gasteiger partial charge in [0, 0.05) is 12.3 Å². The van der Waals surface area contributed by atoms with Gasteiger partial charge in [0.15, 0.2) is 0 Å². The van der Waals surface area contributed by atoms with E-state index >= 15 is 0 Å². The minimum absolute atomic E-state index is 0.0543. The summed E-state index contributed by atoms with van der Waals surface area (Å²) in [5, 5.41) is 28.9. The summed E-state index contributed by atoms with van der Waals surface area (Å²) in [5.41, 5.74) is 5.19.